The Morgan fingerprint density at radius 2 is 1.66 bits per heavy atom. The van der Waals surface area contributed by atoms with Crippen molar-refractivity contribution >= 4 is 17.3 Å². The van der Waals surface area contributed by atoms with Gasteiger partial charge in [0.05, 0.1) is 11.9 Å². The van der Waals surface area contributed by atoms with Crippen LogP contribution in [0.5, 0.6) is 11.5 Å². The Kier molecular flexibility index (Phi) is 8.20. The summed E-state index contributed by atoms with van der Waals surface area (Å²) in [6.07, 6.45) is 1.49. The predicted molar refractivity (Wildman–Crippen MR) is 158 cm³/mol. The minimum Gasteiger partial charge on any atom is -0.453 e. The predicted octanol–water partition coefficient (Wildman–Crippen LogP) is 6.96. The maximum atomic E-state index is 13.7. The Morgan fingerprint density at radius 1 is 0.927 bits per heavy atom. The van der Waals surface area contributed by atoms with Gasteiger partial charge in [0.15, 0.2) is 11.4 Å². The third kappa shape index (κ3) is 6.67. The highest BCUT2D eigenvalue weighted by Gasteiger charge is 2.16. The molecule has 0 saturated carbocycles. The maximum absolute atomic E-state index is 13.7. The molecular formula is C33H29FN4O3. The number of anilines is 2. The molecule has 0 spiro atoms. The number of carbonyl (C=O) groups excluding carboxylic acids is 1. The highest BCUT2D eigenvalue weighted by atomic mass is 19.1. The lowest BCUT2D eigenvalue weighted by Gasteiger charge is -2.15. The molecule has 0 unspecified atom stereocenters. The maximum Gasteiger partial charge on any atom is 0.299 e. The van der Waals surface area contributed by atoms with E-state index in [0.717, 1.165) is 5.56 Å². The van der Waals surface area contributed by atoms with Crippen molar-refractivity contribution in [3.8, 4) is 17.2 Å². The van der Waals surface area contributed by atoms with Crippen LogP contribution < -0.4 is 20.9 Å². The molecular weight excluding hydrogens is 519 g/mol. The number of ether oxygens (including phenoxy) is 1. The summed E-state index contributed by atoms with van der Waals surface area (Å²) in [6, 6.07) is 29.5. The van der Waals surface area contributed by atoms with Crippen LogP contribution in [0.4, 0.5) is 15.8 Å². The molecule has 0 bridgehead atoms. The van der Waals surface area contributed by atoms with Gasteiger partial charge >= 0.3 is 0 Å². The van der Waals surface area contributed by atoms with Crippen molar-refractivity contribution in [1.82, 2.24) is 15.1 Å². The first-order valence-corrected chi connectivity index (χ1v) is 13.2. The van der Waals surface area contributed by atoms with Crippen LogP contribution in [0.2, 0.25) is 0 Å². The highest BCUT2D eigenvalue weighted by Crippen LogP contribution is 2.30. The fraction of sp³-hybridized carbons (Fsp3) is 0.121. The molecule has 7 nitrogen and oxygen atoms in total. The van der Waals surface area contributed by atoms with Gasteiger partial charge in [0, 0.05) is 17.8 Å². The van der Waals surface area contributed by atoms with Crippen molar-refractivity contribution in [2.45, 2.75) is 26.3 Å². The van der Waals surface area contributed by atoms with E-state index >= 15 is 0 Å². The number of para-hydroxylation sites is 1. The first-order chi connectivity index (χ1) is 19.9. The van der Waals surface area contributed by atoms with Gasteiger partial charge in [-0.15, -0.1) is 0 Å². The quantitative estimate of drug-likeness (QED) is 0.208. The van der Waals surface area contributed by atoms with E-state index in [-0.39, 0.29) is 29.7 Å². The molecule has 2 N–H and O–H groups in total. The third-order valence-electron chi connectivity index (χ3n) is 6.48. The van der Waals surface area contributed by atoms with Gasteiger partial charge in [-0.1, -0.05) is 62.4 Å². The molecule has 1 amide bonds. The van der Waals surface area contributed by atoms with Crippen LogP contribution in [0.3, 0.4) is 0 Å². The van der Waals surface area contributed by atoms with Gasteiger partial charge in [0.2, 0.25) is 0 Å². The minimum atomic E-state index is -0.418. The summed E-state index contributed by atoms with van der Waals surface area (Å²) in [5.74, 6) is 0.530. The van der Waals surface area contributed by atoms with Crippen LogP contribution >= 0.6 is 0 Å². The van der Waals surface area contributed by atoms with Crippen LogP contribution in [0.15, 0.2) is 114 Å². The van der Waals surface area contributed by atoms with E-state index in [1.807, 2.05) is 42.5 Å². The molecule has 4 aromatic carbocycles. The van der Waals surface area contributed by atoms with Crippen molar-refractivity contribution in [3.63, 3.8) is 0 Å². The lowest BCUT2D eigenvalue weighted by atomic mass is 10.0. The molecule has 41 heavy (non-hydrogen) atoms. The molecule has 0 aliphatic heterocycles. The molecule has 0 aliphatic carbocycles. The summed E-state index contributed by atoms with van der Waals surface area (Å²) in [5, 5.41) is 10.3. The Morgan fingerprint density at radius 3 is 2.37 bits per heavy atom. The number of nitrogens with zero attached hydrogens (tertiary/aromatic N) is 2. The van der Waals surface area contributed by atoms with Gasteiger partial charge < -0.3 is 15.4 Å². The lowest BCUT2D eigenvalue weighted by Crippen LogP contribution is -2.24. The van der Waals surface area contributed by atoms with E-state index in [0.29, 0.717) is 28.6 Å². The molecule has 5 rings (SSSR count). The first-order valence-electron chi connectivity index (χ1n) is 13.2. The SMILES string of the molecule is CC(C)c1ccc(Oc2cnn(-c3ccccc3)c(=O)c2Nc2cccc(C(=O)NCc3ccc(F)cc3)c2)cc1. The van der Waals surface area contributed by atoms with Crippen molar-refractivity contribution in [2.24, 2.45) is 0 Å². The molecule has 8 heteroatoms. The molecule has 0 atom stereocenters. The Labute approximate surface area is 237 Å². The van der Waals surface area contributed by atoms with Crippen LogP contribution in [-0.4, -0.2) is 15.7 Å². The summed E-state index contributed by atoms with van der Waals surface area (Å²) in [6.45, 7) is 4.47. The van der Waals surface area contributed by atoms with Crippen LogP contribution in [0, 0.1) is 5.82 Å². The van der Waals surface area contributed by atoms with Crippen molar-refractivity contribution in [3.05, 3.63) is 142 Å². The lowest BCUT2D eigenvalue weighted by molar-refractivity contribution is 0.0951. The first kappa shape index (κ1) is 27.3. The standard InChI is InChI=1S/C33H29FN4O3/c1-22(2)24-13-17-29(18-14-24)41-30-21-36-38(28-9-4-3-5-10-28)33(40)31(30)37-27-8-6-7-25(19-27)32(39)35-20-23-11-15-26(34)16-12-23/h3-19,21-22,37H,20H2,1-2H3,(H,35,39). The zero-order valence-electron chi connectivity index (χ0n) is 22.7. The van der Waals surface area contributed by atoms with Gasteiger partial charge in [-0.3, -0.25) is 9.59 Å². The van der Waals surface area contributed by atoms with Gasteiger partial charge in [-0.2, -0.15) is 9.78 Å². The number of hydrogen-bond donors (Lipinski definition) is 2. The van der Waals surface area contributed by atoms with Crippen LogP contribution in [0.25, 0.3) is 5.69 Å². The number of carbonyl (C=O) groups is 1. The van der Waals surface area contributed by atoms with E-state index in [2.05, 4.69) is 29.6 Å². The summed E-state index contributed by atoms with van der Waals surface area (Å²) in [7, 11) is 0. The number of nitrogens with one attached hydrogen (secondary N) is 2. The molecule has 0 radical (unpaired) electrons. The molecule has 5 aromatic rings. The van der Waals surface area contributed by atoms with E-state index in [1.165, 1.54) is 28.6 Å². The van der Waals surface area contributed by atoms with Gasteiger partial charge in [-0.05, 0) is 71.6 Å². The highest BCUT2D eigenvalue weighted by molar-refractivity contribution is 5.95. The molecule has 0 saturated heterocycles. The topological polar surface area (TPSA) is 85.2 Å². The molecule has 206 valence electrons. The fourth-order valence-corrected chi connectivity index (χ4v) is 4.20. The number of aromatic nitrogens is 2. The van der Waals surface area contributed by atoms with Crippen molar-refractivity contribution in [1.29, 1.82) is 0 Å². The monoisotopic (exact) mass is 548 g/mol. The van der Waals surface area contributed by atoms with E-state index < -0.39 is 5.56 Å². The Bertz CT molecular complexity index is 1700. The molecule has 1 heterocycles. The van der Waals surface area contributed by atoms with E-state index in [1.54, 1.807) is 48.5 Å². The zero-order valence-corrected chi connectivity index (χ0v) is 22.7. The van der Waals surface area contributed by atoms with E-state index in [4.69, 9.17) is 4.74 Å². The fourth-order valence-electron chi connectivity index (χ4n) is 4.20. The summed E-state index contributed by atoms with van der Waals surface area (Å²) >= 11 is 0. The van der Waals surface area contributed by atoms with Crippen molar-refractivity contribution < 1.29 is 13.9 Å². The number of hydrogen-bond acceptors (Lipinski definition) is 5. The van der Waals surface area contributed by atoms with Gasteiger partial charge in [0.25, 0.3) is 11.5 Å². The Balaban J connectivity index is 1.43. The third-order valence-corrected chi connectivity index (χ3v) is 6.48. The second-order valence-electron chi connectivity index (χ2n) is 9.78. The van der Waals surface area contributed by atoms with Crippen molar-refractivity contribution in [2.75, 3.05) is 5.32 Å². The van der Waals surface area contributed by atoms with Gasteiger partial charge in [0.1, 0.15) is 11.6 Å². The van der Waals surface area contributed by atoms with Crippen LogP contribution in [-0.2, 0) is 6.54 Å². The summed E-state index contributed by atoms with van der Waals surface area (Å²) in [5.41, 5.74) is 3.20. The zero-order chi connectivity index (χ0) is 28.8. The summed E-state index contributed by atoms with van der Waals surface area (Å²) in [4.78, 5) is 26.5. The second kappa shape index (κ2) is 12.3. The number of halogens is 1. The normalized spacial score (nSPS) is 10.8. The largest absolute Gasteiger partial charge is 0.453 e. The average Bonchev–Trinajstić information content (AvgIpc) is 2.99. The van der Waals surface area contributed by atoms with E-state index in [9.17, 15) is 14.0 Å². The van der Waals surface area contributed by atoms with Gasteiger partial charge in [-0.25, -0.2) is 4.39 Å². The summed E-state index contributed by atoms with van der Waals surface area (Å²) < 4.78 is 20.6. The Hall–Kier alpha value is -5.24. The smallest absolute Gasteiger partial charge is 0.299 e. The number of benzene rings is 4. The molecule has 0 fully saturated rings. The molecule has 0 aliphatic rings. The number of amides is 1. The second-order valence-corrected chi connectivity index (χ2v) is 9.78. The minimum absolute atomic E-state index is 0.167. The number of rotatable bonds is 9. The molecule has 1 aromatic heterocycles. The van der Waals surface area contributed by atoms with Crippen LogP contribution in [0.1, 0.15) is 41.3 Å². The average molecular weight is 549 g/mol.